The van der Waals surface area contributed by atoms with Gasteiger partial charge in [0.2, 0.25) is 12.1 Å². The van der Waals surface area contributed by atoms with Crippen LogP contribution in [-0.2, 0) is 7.05 Å². The molecule has 0 bridgehead atoms. The predicted molar refractivity (Wildman–Crippen MR) is 68.3 cm³/mol. The average molecular weight is 253 g/mol. The highest BCUT2D eigenvalue weighted by molar-refractivity contribution is 5.52. The minimum Gasteiger partial charge on any atom is -0.360 e. The standard InChI is InChI=1S/C11H19N5O2/c1-15-7-13-10(16(17)18)11(15)14-9-6-4-2-3-5-8(9)12/h7-9,14H,2-6,12H2,1H3. The lowest BCUT2D eigenvalue weighted by molar-refractivity contribution is -0.388. The van der Waals surface area contributed by atoms with Gasteiger partial charge in [-0.15, -0.1) is 0 Å². The Morgan fingerprint density at radius 3 is 2.94 bits per heavy atom. The van der Waals surface area contributed by atoms with Crippen LogP contribution in [0.2, 0.25) is 0 Å². The zero-order chi connectivity index (χ0) is 13.1. The number of nitrogens with two attached hydrogens (primary N) is 1. The Kier molecular flexibility index (Phi) is 3.81. The van der Waals surface area contributed by atoms with Gasteiger partial charge in [-0.05, 0) is 22.7 Å². The van der Waals surface area contributed by atoms with Crippen molar-refractivity contribution in [1.29, 1.82) is 0 Å². The molecule has 0 saturated heterocycles. The number of nitro groups is 1. The molecular formula is C11H19N5O2. The Bertz CT molecular complexity index is 431. The molecule has 3 N–H and O–H groups in total. The van der Waals surface area contributed by atoms with E-state index in [1.54, 1.807) is 11.6 Å². The van der Waals surface area contributed by atoms with Gasteiger partial charge in [0.15, 0.2) is 0 Å². The van der Waals surface area contributed by atoms with Crippen LogP contribution in [0.5, 0.6) is 0 Å². The van der Waals surface area contributed by atoms with E-state index in [9.17, 15) is 10.1 Å². The van der Waals surface area contributed by atoms with Gasteiger partial charge in [-0.25, -0.2) is 0 Å². The minimum atomic E-state index is -0.468. The maximum Gasteiger partial charge on any atom is 0.406 e. The zero-order valence-corrected chi connectivity index (χ0v) is 10.5. The summed E-state index contributed by atoms with van der Waals surface area (Å²) in [6.07, 6.45) is 6.78. The molecule has 2 atom stereocenters. The van der Waals surface area contributed by atoms with Gasteiger partial charge in [0, 0.05) is 19.1 Å². The third-order valence-electron chi connectivity index (χ3n) is 3.48. The van der Waals surface area contributed by atoms with Gasteiger partial charge < -0.3 is 21.2 Å². The minimum absolute atomic E-state index is 0.0435. The first kappa shape index (κ1) is 12.8. The molecule has 7 nitrogen and oxygen atoms in total. The Morgan fingerprint density at radius 2 is 2.22 bits per heavy atom. The quantitative estimate of drug-likeness (QED) is 0.482. The highest BCUT2D eigenvalue weighted by Gasteiger charge is 2.26. The van der Waals surface area contributed by atoms with Crippen molar-refractivity contribution in [3.8, 4) is 0 Å². The number of rotatable bonds is 3. The maximum absolute atomic E-state index is 10.9. The van der Waals surface area contributed by atoms with Gasteiger partial charge >= 0.3 is 5.82 Å². The summed E-state index contributed by atoms with van der Waals surface area (Å²) < 4.78 is 1.63. The lowest BCUT2D eigenvalue weighted by Crippen LogP contribution is -2.39. The van der Waals surface area contributed by atoms with E-state index in [-0.39, 0.29) is 17.9 Å². The van der Waals surface area contributed by atoms with Gasteiger partial charge in [-0.1, -0.05) is 19.3 Å². The van der Waals surface area contributed by atoms with Crippen LogP contribution in [0.1, 0.15) is 32.1 Å². The van der Waals surface area contributed by atoms with Crippen LogP contribution in [0.4, 0.5) is 11.6 Å². The molecule has 0 radical (unpaired) electrons. The van der Waals surface area contributed by atoms with Crippen LogP contribution >= 0.6 is 0 Å². The second-order valence-electron chi connectivity index (χ2n) is 4.84. The Morgan fingerprint density at radius 1 is 1.50 bits per heavy atom. The number of nitrogens with zero attached hydrogens (tertiary/aromatic N) is 3. The molecule has 2 rings (SSSR count). The van der Waals surface area contributed by atoms with Gasteiger partial charge in [-0.3, -0.25) is 4.57 Å². The van der Waals surface area contributed by atoms with Crippen molar-refractivity contribution in [1.82, 2.24) is 9.55 Å². The highest BCUT2D eigenvalue weighted by atomic mass is 16.6. The molecule has 0 aliphatic heterocycles. The first-order valence-electron chi connectivity index (χ1n) is 6.27. The molecule has 1 fully saturated rings. The van der Waals surface area contributed by atoms with Crippen LogP contribution in [0, 0.1) is 10.1 Å². The Labute approximate surface area is 106 Å². The maximum atomic E-state index is 10.9. The van der Waals surface area contributed by atoms with Gasteiger partial charge in [0.05, 0.1) is 0 Å². The molecule has 1 saturated carbocycles. The fourth-order valence-electron chi connectivity index (χ4n) is 2.41. The number of aromatic nitrogens is 2. The predicted octanol–water partition coefficient (Wildman–Crippen LogP) is 1.40. The number of hydrogen-bond acceptors (Lipinski definition) is 5. The van der Waals surface area contributed by atoms with E-state index in [4.69, 9.17) is 5.73 Å². The van der Waals surface area contributed by atoms with E-state index in [0.29, 0.717) is 5.82 Å². The largest absolute Gasteiger partial charge is 0.406 e. The molecule has 0 aromatic carbocycles. The molecule has 0 spiro atoms. The normalized spacial score (nSPS) is 24.6. The molecule has 1 aliphatic carbocycles. The Hall–Kier alpha value is -1.63. The molecule has 2 unspecified atom stereocenters. The fourth-order valence-corrected chi connectivity index (χ4v) is 2.41. The van der Waals surface area contributed by atoms with Gasteiger partial charge in [0.25, 0.3) is 0 Å². The molecule has 1 heterocycles. The number of hydrogen-bond donors (Lipinski definition) is 2. The summed E-state index contributed by atoms with van der Waals surface area (Å²) in [6, 6.07) is 0.128. The van der Waals surface area contributed by atoms with Crippen LogP contribution < -0.4 is 11.1 Å². The SMILES string of the molecule is Cn1cnc([N+](=O)[O-])c1NC1CCCCCC1N. The smallest absolute Gasteiger partial charge is 0.360 e. The summed E-state index contributed by atoms with van der Waals surface area (Å²) in [5.41, 5.74) is 6.11. The van der Waals surface area contributed by atoms with Gasteiger partial charge in [-0.2, -0.15) is 0 Å². The lowest BCUT2D eigenvalue weighted by Gasteiger charge is -2.23. The molecule has 1 aromatic heterocycles. The van der Waals surface area contributed by atoms with Crippen LogP contribution in [0.3, 0.4) is 0 Å². The van der Waals surface area contributed by atoms with Crippen molar-refractivity contribution in [2.24, 2.45) is 12.8 Å². The monoisotopic (exact) mass is 253 g/mol. The van der Waals surface area contributed by atoms with Crippen molar-refractivity contribution in [3.05, 3.63) is 16.4 Å². The number of imidazole rings is 1. The van der Waals surface area contributed by atoms with Crippen molar-refractivity contribution >= 4 is 11.6 Å². The van der Waals surface area contributed by atoms with Crippen LogP contribution in [-0.4, -0.2) is 26.6 Å². The molecule has 1 aromatic rings. The summed E-state index contributed by atoms with van der Waals surface area (Å²) in [5.74, 6) is 0.316. The third kappa shape index (κ3) is 2.61. The van der Waals surface area contributed by atoms with Gasteiger partial charge in [0.1, 0.15) is 0 Å². The summed E-state index contributed by atoms with van der Waals surface area (Å²) in [7, 11) is 1.74. The Balaban J connectivity index is 2.17. The molecular weight excluding hydrogens is 234 g/mol. The molecule has 1 aliphatic rings. The first-order chi connectivity index (χ1) is 8.59. The highest BCUT2D eigenvalue weighted by Crippen LogP contribution is 2.25. The number of anilines is 1. The summed E-state index contributed by atoms with van der Waals surface area (Å²) in [6.45, 7) is 0. The van der Waals surface area contributed by atoms with E-state index in [1.165, 1.54) is 12.7 Å². The van der Waals surface area contributed by atoms with Crippen LogP contribution in [0.25, 0.3) is 0 Å². The van der Waals surface area contributed by atoms with E-state index >= 15 is 0 Å². The second-order valence-corrected chi connectivity index (χ2v) is 4.84. The van der Waals surface area contributed by atoms with E-state index in [1.807, 2.05) is 0 Å². The van der Waals surface area contributed by atoms with E-state index in [0.717, 1.165) is 25.7 Å². The molecule has 100 valence electrons. The third-order valence-corrected chi connectivity index (χ3v) is 3.48. The van der Waals surface area contributed by atoms with Crippen molar-refractivity contribution in [2.75, 3.05) is 5.32 Å². The first-order valence-corrected chi connectivity index (χ1v) is 6.27. The second kappa shape index (κ2) is 5.34. The number of aryl methyl sites for hydroxylation is 1. The van der Waals surface area contributed by atoms with E-state index < -0.39 is 4.92 Å². The molecule has 7 heteroatoms. The van der Waals surface area contributed by atoms with E-state index in [2.05, 4.69) is 10.3 Å². The summed E-state index contributed by atoms with van der Waals surface area (Å²) in [5, 5.41) is 14.1. The van der Waals surface area contributed by atoms with Crippen molar-refractivity contribution in [2.45, 2.75) is 44.2 Å². The zero-order valence-electron chi connectivity index (χ0n) is 10.5. The molecule has 0 amide bonds. The van der Waals surface area contributed by atoms with Crippen molar-refractivity contribution in [3.63, 3.8) is 0 Å². The van der Waals surface area contributed by atoms with Crippen molar-refractivity contribution < 1.29 is 4.92 Å². The average Bonchev–Trinajstić information content (AvgIpc) is 2.55. The lowest BCUT2D eigenvalue weighted by atomic mass is 10.0. The fraction of sp³-hybridized carbons (Fsp3) is 0.727. The van der Waals surface area contributed by atoms with Crippen LogP contribution in [0.15, 0.2) is 6.33 Å². The molecule has 18 heavy (non-hydrogen) atoms. The topological polar surface area (TPSA) is 99.0 Å². The number of nitrogens with one attached hydrogen (secondary N) is 1. The summed E-state index contributed by atoms with van der Waals surface area (Å²) >= 11 is 0. The summed E-state index contributed by atoms with van der Waals surface area (Å²) in [4.78, 5) is 14.2.